The fourth-order valence-electron chi connectivity index (χ4n) is 1.19. The highest BCUT2D eigenvalue weighted by Crippen LogP contribution is 2.20. The Hall–Kier alpha value is -1.51. The topological polar surface area (TPSA) is 89.3 Å². The van der Waals surface area contributed by atoms with E-state index in [9.17, 15) is 22.9 Å². The Morgan fingerprint density at radius 2 is 2.11 bits per heavy atom. The minimum Gasteiger partial charge on any atom is -0.258 e. The summed E-state index contributed by atoms with van der Waals surface area (Å²) in [7, 11) is -3.91. The summed E-state index contributed by atoms with van der Waals surface area (Å²) in [5.41, 5.74) is -0.777. The number of halogens is 2. The molecule has 104 valence electrons. The van der Waals surface area contributed by atoms with E-state index in [1.54, 1.807) is 6.08 Å². The van der Waals surface area contributed by atoms with Gasteiger partial charge in [0.05, 0.1) is 9.82 Å². The van der Waals surface area contributed by atoms with Crippen LogP contribution in [0.3, 0.4) is 0 Å². The van der Waals surface area contributed by atoms with Crippen LogP contribution in [0.25, 0.3) is 0 Å². The molecule has 0 unspecified atom stereocenters. The second-order valence-electron chi connectivity index (χ2n) is 3.35. The van der Waals surface area contributed by atoms with Gasteiger partial charge in [-0.25, -0.2) is 13.1 Å². The maximum absolute atomic E-state index is 13.3. The van der Waals surface area contributed by atoms with Crippen molar-refractivity contribution in [3.63, 3.8) is 0 Å². The largest absolute Gasteiger partial charge is 0.304 e. The molecule has 0 aliphatic rings. The lowest BCUT2D eigenvalue weighted by atomic mass is 10.3. The molecule has 0 fully saturated rings. The first-order valence-electron chi connectivity index (χ1n) is 5.03. The Morgan fingerprint density at radius 1 is 1.42 bits per heavy atom. The second-order valence-corrected chi connectivity index (χ2v) is 5.42. The Morgan fingerprint density at radius 3 is 2.63 bits per heavy atom. The summed E-state index contributed by atoms with van der Waals surface area (Å²) in [6.07, 6.45) is 3.03. The van der Waals surface area contributed by atoms with E-state index in [4.69, 9.17) is 11.6 Å². The van der Waals surface area contributed by atoms with Gasteiger partial charge in [-0.05, 0) is 6.07 Å². The first-order chi connectivity index (χ1) is 8.88. The third-order valence-electron chi connectivity index (χ3n) is 2.07. The summed E-state index contributed by atoms with van der Waals surface area (Å²) < 4.78 is 38.9. The molecule has 0 bridgehead atoms. The SMILES string of the molecule is O=[N+]([O-])c1ccc(S(=O)(=O)NC/C=C/CCl)cc1F. The number of nitro groups is 1. The lowest BCUT2D eigenvalue weighted by Crippen LogP contribution is -2.23. The monoisotopic (exact) mass is 308 g/mol. The first kappa shape index (κ1) is 15.5. The normalized spacial score (nSPS) is 11.9. The van der Waals surface area contributed by atoms with Gasteiger partial charge in [0, 0.05) is 24.6 Å². The van der Waals surface area contributed by atoms with Gasteiger partial charge in [-0.3, -0.25) is 10.1 Å². The van der Waals surface area contributed by atoms with Crippen molar-refractivity contribution >= 4 is 27.3 Å². The zero-order valence-corrected chi connectivity index (χ0v) is 11.1. The predicted octanol–water partition coefficient (Wildman–Crippen LogP) is 1.81. The standard InChI is InChI=1S/C10H10ClFN2O4S/c11-5-1-2-6-13-19(17,18)8-3-4-10(14(15)16)9(12)7-8/h1-4,7,13H,5-6H2/b2-1+. The van der Waals surface area contributed by atoms with Crippen molar-refractivity contribution in [3.05, 3.63) is 46.3 Å². The van der Waals surface area contributed by atoms with Crippen molar-refractivity contribution in [2.75, 3.05) is 12.4 Å². The number of rotatable bonds is 6. The van der Waals surface area contributed by atoms with Gasteiger partial charge in [0.25, 0.3) is 0 Å². The van der Waals surface area contributed by atoms with Crippen molar-refractivity contribution in [1.29, 1.82) is 0 Å². The van der Waals surface area contributed by atoms with Gasteiger partial charge in [0.15, 0.2) is 0 Å². The van der Waals surface area contributed by atoms with Crippen LogP contribution in [0.1, 0.15) is 0 Å². The molecule has 0 spiro atoms. The second kappa shape index (κ2) is 6.60. The minimum atomic E-state index is -3.91. The van der Waals surface area contributed by atoms with E-state index >= 15 is 0 Å². The Labute approximate surface area is 114 Å². The van der Waals surface area contributed by atoms with Gasteiger partial charge in [-0.2, -0.15) is 4.39 Å². The fourth-order valence-corrected chi connectivity index (χ4v) is 2.30. The smallest absolute Gasteiger partial charge is 0.258 e. The molecular weight excluding hydrogens is 299 g/mol. The molecule has 1 aromatic carbocycles. The molecule has 0 radical (unpaired) electrons. The van der Waals surface area contributed by atoms with E-state index in [0.29, 0.717) is 6.07 Å². The average molecular weight is 309 g/mol. The van der Waals surface area contributed by atoms with Crippen LogP contribution >= 0.6 is 11.6 Å². The molecule has 1 aromatic rings. The molecule has 6 nitrogen and oxygen atoms in total. The van der Waals surface area contributed by atoms with Gasteiger partial charge >= 0.3 is 5.69 Å². The third kappa shape index (κ3) is 4.27. The highest BCUT2D eigenvalue weighted by Gasteiger charge is 2.19. The number of allylic oxidation sites excluding steroid dienone is 1. The summed E-state index contributed by atoms with van der Waals surface area (Å²) in [4.78, 5) is 9.10. The van der Waals surface area contributed by atoms with Crippen LogP contribution in [0.4, 0.5) is 10.1 Å². The fraction of sp³-hybridized carbons (Fsp3) is 0.200. The molecule has 9 heteroatoms. The van der Waals surface area contributed by atoms with Crippen LogP contribution in [0, 0.1) is 15.9 Å². The molecule has 19 heavy (non-hydrogen) atoms. The molecule has 0 saturated heterocycles. The Kier molecular flexibility index (Phi) is 5.40. The van der Waals surface area contributed by atoms with E-state index < -0.39 is 26.5 Å². The molecule has 1 rings (SSSR count). The Bertz CT molecular complexity index is 604. The highest BCUT2D eigenvalue weighted by molar-refractivity contribution is 7.89. The van der Waals surface area contributed by atoms with Gasteiger partial charge < -0.3 is 0 Å². The number of alkyl halides is 1. The van der Waals surface area contributed by atoms with E-state index in [2.05, 4.69) is 4.72 Å². The van der Waals surface area contributed by atoms with E-state index in [1.807, 2.05) is 0 Å². The molecule has 0 amide bonds. The molecule has 0 heterocycles. The number of nitrogens with zero attached hydrogens (tertiary/aromatic N) is 1. The average Bonchev–Trinajstić information content (AvgIpc) is 2.34. The van der Waals surface area contributed by atoms with Crippen molar-refractivity contribution in [1.82, 2.24) is 4.72 Å². The molecule has 0 aromatic heterocycles. The molecule has 1 N–H and O–H groups in total. The lowest BCUT2D eigenvalue weighted by Gasteiger charge is -2.04. The molecular formula is C10H10ClFN2O4S. The maximum atomic E-state index is 13.3. The quantitative estimate of drug-likeness (QED) is 0.375. The number of hydrogen-bond acceptors (Lipinski definition) is 4. The van der Waals surface area contributed by atoms with E-state index in [1.165, 1.54) is 6.08 Å². The molecule has 0 saturated carbocycles. The number of nitro benzene ring substituents is 1. The number of nitrogens with one attached hydrogen (secondary N) is 1. The van der Waals surface area contributed by atoms with Gasteiger partial charge in [-0.15, -0.1) is 11.6 Å². The van der Waals surface area contributed by atoms with Crippen LogP contribution in [0.15, 0.2) is 35.2 Å². The number of sulfonamides is 1. The van der Waals surface area contributed by atoms with Gasteiger partial charge in [0.1, 0.15) is 0 Å². The number of hydrogen-bond donors (Lipinski definition) is 1. The summed E-state index contributed by atoms with van der Waals surface area (Å²) >= 11 is 5.36. The van der Waals surface area contributed by atoms with E-state index in [0.717, 1.165) is 12.1 Å². The zero-order chi connectivity index (χ0) is 14.5. The summed E-state index contributed by atoms with van der Waals surface area (Å²) in [6.45, 7) is -0.00629. The van der Waals surface area contributed by atoms with Crippen molar-refractivity contribution in [3.8, 4) is 0 Å². The van der Waals surface area contributed by atoms with Crippen LogP contribution in [0.2, 0.25) is 0 Å². The lowest BCUT2D eigenvalue weighted by molar-refractivity contribution is -0.387. The van der Waals surface area contributed by atoms with Gasteiger partial charge in [0.2, 0.25) is 15.8 Å². The van der Waals surface area contributed by atoms with Crippen LogP contribution in [0.5, 0.6) is 0 Å². The van der Waals surface area contributed by atoms with Crippen LogP contribution < -0.4 is 4.72 Å². The van der Waals surface area contributed by atoms with Crippen LogP contribution in [-0.4, -0.2) is 25.8 Å². The Balaban J connectivity index is 2.93. The van der Waals surface area contributed by atoms with Gasteiger partial charge in [-0.1, -0.05) is 12.2 Å². The van der Waals surface area contributed by atoms with Crippen molar-refractivity contribution in [2.45, 2.75) is 4.90 Å². The molecule has 0 aliphatic carbocycles. The summed E-state index contributed by atoms with van der Waals surface area (Å²) in [5, 5.41) is 10.4. The predicted molar refractivity (Wildman–Crippen MR) is 68.1 cm³/mol. The molecule has 0 aliphatic heterocycles. The third-order valence-corrected chi connectivity index (χ3v) is 3.67. The maximum Gasteiger partial charge on any atom is 0.304 e. The molecule has 0 atom stereocenters. The minimum absolute atomic E-state index is 0.00629. The highest BCUT2D eigenvalue weighted by atomic mass is 35.5. The summed E-state index contributed by atoms with van der Waals surface area (Å²) in [5.74, 6) is -0.961. The van der Waals surface area contributed by atoms with Crippen molar-refractivity contribution in [2.24, 2.45) is 0 Å². The first-order valence-corrected chi connectivity index (χ1v) is 7.05. The van der Waals surface area contributed by atoms with E-state index in [-0.39, 0.29) is 17.3 Å². The zero-order valence-electron chi connectivity index (χ0n) is 9.55. The summed E-state index contributed by atoms with van der Waals surface area (Å²) in [6, 6.07) is 2.37. The number of benzene rings is 1. The van der Waals surface area contributed by atoms with Crippen LogP contribution in [-0.2, 0) is 10.0 Å². The van der Waals surface area contributed by atoms with Crippen molar-refractivity contribution < 1.29 is 17.7 Å².